The quantitative estimate of drug-likeness (QED) is 0.782. The second kappa shape index (κ2) is 5.43. The maximum Gasteiger partial charge on any atom is 0.0678 e. The van der Waals surface area contributed by atoms with Crippen LogP contribution in [0.25, 0.3) is 10.8 Å². The van der Waals surface area contributed by atoms with Crippen molar-refractivity contribution in [2.24, 2.45) is 5.73 Å². The summed E-state index contributed by atoms with van der Waals surface area (Å²) in [6.07, 6.45) is 1.78. The van der Waals surface area contributed by atoms with Gasteiger partial charge in [0.1, 0.15) is 0 Å². The van der Waals surface area contributed by atoms with Crippen molar-refractivity contribution in [3.8, 4) is 0 Å². The summed E-state index contributed by atoms with van der Waals surface area (Å²) in [5.41, 5.74) is 6.66. The predicted molar refractivity (Wildman–Crippen MR) is 80.2 cm³/mol. The van der Waals surface area contributed by atoms with E-state index in [9.17, 15) is 0 Å². The lowest BCUT2D eigenvalue weighted by Crippen LogP contribution is -2.00. The van der Waals surface area contributed by atoms with Crippen molar-refractivity contribution >= 4 is 22.5 Å². The Morgan fingerprint density at radius 2 is 1.79 bits per heavy atom. The minimum absolute atomic E-state index is 0.469. The van der Waals surface area contributed by atoms with Crippen molar-refractivity contribution in [1.82, 2.24) is 4.98 Å². The number of fused-ring (bicyclic) bond motifs is 1. The molecular weight excluding hydrogens is 252 g/mol. The van der Waals surface area contributed by atoms with Crippen molar-refractivity contribution < 1.29 is 0 Å². The third-order valence-electron chi connectivity index (χ3n) is 2.99. The second-order valence-electron chi connectivity index (χ2n) is 4.26. The predicted octanol–water partition coefficient (Wildman–Crippen LogP) is 3.84. The monoisotopic (exact) mass is 266 g/mol. The fourth-order valence-corrected chi connectivity index (χ4v) is 3.00. The molecule has 1 heterocycles. The first-order valence-electron chi connectivity index (χ1n) is 6.17. The maximum atomic E-state index is 5.72. The first-order valence-corrected chi connectivity index (χ1v) is 6.99. The van der Waals surface area contributed by atoms with Crippen molar-refractivity contribution in [1.29, 1.82) is 0 Å². The van der Waals surface area contributed by atoms with Gasteiger partial charge >= 0.3 is 0 Å². The van der Waals surface area contributed by atoms with Gasteiger partial charge in [0.05, 0.1) is 5.69 Å². The number of hydrogen-bond acceptors (Lipinski definition) is 3. The van der Waals surface area contributed by atoms with Crippen molar-refractivity contribution in [2.45, 2.75) is 16.3 Å². The zero-order valence-corrected chi connectivity index (χ0v) is 11.2. The summed E-state index contributed by atoms with van der Waals surface area (Å²) in [6, 6.07) is 18.9. The van der Waals surface area contributed by atoms with Gasteiger partial charge in [0.15, 0.2) is 0 Å². The van der Waals surface area contributed by atoms with Gasteiger partial charge in [-0.3, -0.25) is 4.98 Å². The van der Waals surface area contributed by atoms with Crippen LogP contribution in [0.15, 0.2) is 70.6 Å². The van der Waals surface area contributed by atoms with Crippen molar-refractivity contribution in [2.75, 3.05) is 0 Å². The van der Waals surface area contributed by atoms with Crippen LogP contribution >= 0.6 is 11.8 Å². The fraction of sp³-hybridized carbons (Fsp3) is 0.0625. The van der Waals surface area contributed by atoms with Gasteiger partial charge in [-0.1, -0.05) is 42.1 Å². The molecule has 0 radical (unpaired) electrons. The highest BCUT2D eigenvalue weighted by atomic mass is 32.2. The Bertz CT molecular complexity index is 710. The van der Waals surface area contributed by atoms with Crippen LogP contribution in [0.5, 0.6) is 0 Å². The van der Waals surface area contributed by atoms with Gasteiger partial charge in [-0.2, -0.15) is 0 Å². The van der Waals surface area contributed by atoms with Gasteiger partial charge < -0.3 is 5.73 Å². The van der Waals surface area contributed by atoms with Crippen LogP contribution in [0.2, 0.25) is 0 Å². The maximum absolute atomic E-state index is 5.72. The molecule has 94 valence electrons. The summed E-state index contributed by atoms with van der Waals surface area (Å²) in [5, 5.41) is 2.52. The van der Waals surface area contributed by atoms with Gasteiger partial charge in [-0.25, -0.2) is 0 Å². The molecule has 0 fully saturated rings. The number of rotatable bonds is 3. The highest BCUT2D eigenvalue weighted by Gasteiger charge is 2.04. The van der Waals surface area contributed by atoms with E-state index in [0.29, 0.717) is 6.54 Å². The third kappa shape index (κ3) is 2.62. The van der Waals surface area contributed by atoms with Crippen molar-refractivity contribution in [3.63, 3.8) is 0 Å². The summed E-state index contributed by atoms with van der Waals surface area (Å²) in [7, 11) is 0. The van der Waals surface area contributed by atoms with E-state index in [4.69, 9.17) is 5.73 Å². The normalized spacial score (nSPS) is 10.8. The van der Waals surface area contributed by atoms with E-state index in [2.05, 4.69) is 53.5 Å². The minimum atomic E-state index is 0.469. The van der Waals surface area contributed by atoms with E-state index in [0.717, 1.165) is 10.6 Å². The Kier molecular flexibility index (Phi) is 3.49. The molecule has 0 aliphatic carbocycles. The lowest BCUT2D eigenvalue weighted by Gasteiger charge is -2.07. The Labute approximate surface area is 116 Å². The summed E-state index contributed by atoms with van der Waals surface area (Å²) < 4.78 is 0. The average molecular weight is 266 g/mol. The topological polar surface area (TPSA) is 38.9 Å². The summed E-state index contributed by atoms with van der Waals surface area (Å²) >= 11 is 1.71. The van der Waals surface area contributed by atoms with E-state index in [1.54, 1.807) is 18.0 Å². The molecule has 0 amide bonds. The lowest BCUT2D eigenvalue weighted by molar-refractivity contribution is 0.944. The number of hydrogen-bond donors (Lipinski definition) is 1. The molecule has 0 atom stereocenters. The molecule has 1 aromatic heterocycles. The van der Waals surface area contributed by atoms with Crippen molar-refractivity contribution in [3.05, 3.63) is 66.5 Å². The van der Waals surface area contributed by atoms with Gasteiger partial charge in [0, 0.05) is 22.5 Å². The van der Waals surface area contributed by atoms with Crippen LogP contribution in [-0.2, 0) is 6.54 Å². The first kappa shape index (κ1) is 12.2. The molecule has 0 saturated carbocycles. The summed E-state index contributed by atoms with van der Waals surface area (Å²) in [4.78, 5) is 6.64. The van der Waals surface area contributed by atoms with Gasteiger partial charge in [-0.15, -0.1) is 0 Å². The number of pyridine rings is 1. The molecule has 0 spiro atoms. The number of nitrogens with two attached hydrogens (primary N) is 1. The zero-order chi connectivity index (χ0) is 13.1. The average Bonchev–Trinajstić information content (AvgIpc) is 2.48. The van der Waals surface area contributed by atoms with E-state index < -0.39 is 0 Å². The van der Waals surface area contributed by atoms with Crippen LogP contribution in [0.3, 0.4) is 0 Å². The van der Waals surface area contributed by atoms with E-state index in [1.807, 2.05) is 6.07 Å². The molecule has 2 nitrogen and oxygen atoms in total. The first-order chi connectivity index (χ1) is 9.36. The zero-order valence-electron chi connectivity index (χ0n) is 10.4. The smallest absolute Gasteiger partial charge is 0.0678 e. The van der Waals surface area contributed by atoms with Crippen LogP contribution in [0.4, 0.5) is 0 Å². The van der Waals surface area contributed by atoms with Gasteiger partial charge in [0.2, 0.25) is 0 Å². The standard InChI is InChI=1S/C16H14N2S/c17-11-15-16(6-3-9-18-15)19-14-8-7-12-4-1-2-5-13(12)10-14/h1-10H,11,17H2. The van der Waals surface area contributed by atoms with E-state index >= 15 is 0 Å². The highest BCUT2D eigenvalue weighted by Crippen LogP contribution is 2.31. The molecule has 0 bridgehead atoms. The molecule has 3 aromatic rings. The van der Waals surface area contributed by atoms with Gasteiger partial charge in [-0.05, 0) is 35.0 Å². The summed E-state index contributed by atoms with van der Waals surface area (Å²) in [6.45, 7) is 0.469. The molecule has 2 aromatic carbocycles. The van der Waals surface area contributed by atoms with E-state index in [-0.39, 0.29) is 0 Å². The molecule has 2 N–H and O–H groups in total. The molecule has 19 heavy (non-hydrogen) atoms. The molecule has 3 heteroatoms. The van der Waals surface area contributed by atoms with Crippen LogP contribution < -0.4 is 5.73 Å². The molecule has 0 saturated heterocycles. The highest BCUT2D eigenvalue weighted by molar-refractivity contribution is 7.99. The Balaban J connectivity index is 1.96. The Morgan fingerprint density at radius 1 is 0.947 bits per heavy atom. The SMILES string of the molecule is NCc1ncccc1Sc1ccc2ccccc2c1. The number of aromatic nitrogens is 1. The molecule has 0 aliphatic heterocycles. The van der Waals surface area contributed by atoms with E-state index in [1.165, 1.54) is 15.7 Å². The van der Waals surface area contributed by atoms with Crippen LogP contribution in [0.1, 0.15) is 5.69 Å². The van der Waals surface area contributed by atoms with Gasteiger partial charge in [0.25, 0.3) is 0 Å². The molecule has 3 rings (SSSR count). The molecule has 0 aliphatic rings. The third-order valence-corrected chi connectivity index (χ3v) is 4.07. The fourth-order valence-electron chi connectivity index (χ4n) is 2.03. The minimum Gasteiger partial charge on any atom is -0.325 e. The molecule has 0 unspecified atom stereocenters. The second-order valence-corrected chi connectivity index (χ2v) is 5.38. The Morgan fingerprint density at radius 3 is 2.63 bits per heavy atom. The Hall–Kier alpha value is -1.84. The lowest BCUT2D eigenvalue weighted by atomic mass is 10.1. The van der Waals surface area contributed by atoms with Crippen LogP contribution in [0, 0.1) is 0 Å². The summed E-state index contributed by atoms with van der Waals surface area (Å²) in [5.74, 6) is 0. The largest absolute Gasteiger partial charge is 0.325 e. The molecular formula is C16H14N2S. The van der Waals surface area contributed by atoms with Crippen LogP contribution in [-0.4, -0.2) is 4.98 Å². The number of benzene rings is 2. The number of nitrogens with zero attached hydrogens (tertiary/aromatic N) is 1.